The van der Waals surface area contributed by atoms with Crippen molar-refractivity contribution in [1.82, 2.24) is 10.3 Å². The molecule has 5 heteroatoms. The fraction of sp³-hybridized carbons (Fsp3) is 0.450. The summed E-state index contributed by atoms with van der Waals surface area (Å²) >= 11 is 0. The predicted octanol–water partition coefficient (Wildman–Crippen LogP) is 2.43. The molecule has 2 N–H and O–H groups in total. The third-order valence-electron chi connectivity index (χ3n) is 4.36. The van der Waals surface area contributed by atoms with E-state index in [9.17, 15) is 0 Å². The predicted molar refractivity (Wildman–Crippen MR) is 97.8 cm³/mol. The zero-order valence-corrected chi connectivity index (χ0v) is 14.5. The number of aliphatic hydroxyl groups excluding tert-OH is 1. The van der Waals surface area contributed by atoms with E-state index in [2.05, 4.69) is 28.5 Å². The lowest BCUT2D eigenvalue weighted by molar-refractivity contribution is 0.0944. The first-order valence-electron chi connectivity index (χ1n) is 8.94. The Bertz CT molecular complexity index is 657. The van der Waals surface area contributed by atoms with Gasteiger partial charge in [0.15, 0.2) is 0 Å². The Morgan fingerprint density at radius 1 is 1.16 bits per heavy atom. The first kappa shape index (κ1) is 17.9. The van der Waals surface area contributed by atoms with Crippen molar-refractivity contribution >= 4 is 0 Å². The monoisotopic (exact) mass is 342 g/mol. The third-order valence-corrected chi connectivity index (χ3v) is 4.36. The van der Waals surface area contributed by atoms with Gasteiger partial charge >= 0.3 is 0 Å². The van der Waals surface area contributed by atoms with Crippen molar-refractivity contribution in [2.24, 2.45) is 0 Å². The van der Waals surface area contributed by atoms with Gasteiger partial charge in [0.1, 0.15) is 12.4 Å². The van der Waals surface area contributed by atoms with Gasteiger partial charge in [-0.05, 0) is 43.0 Å². The molecular weight excluding hydrogens is 316 g/mol. The fourth-order valence-corrected chi connectivity index (χ4v) is 3.01. The molecule has 0 spiro atoms. The van der Waals surface area contributed by atoms with Gasteiger partial charge in [-0.3, -0.25) is 4.98 Å². The Labute approximate surface area is 149 Å². The second kappa shape index (κ2) is 9.51. The van der Waals surface area contributed by atoms with E-state index >= 15 is 0 Å². The molecule has 2 heterocycles. The highest BCUT2D eigenvalue weighted by Crippen LogP contribution is 2.24. The Hall–Kier alpha value is -1.95. The maximum absolute atomic E-state index is 8.75. The zero-order valence-electron chi connectivity index (χ0n) is 14.5. The number of nitrogens with one attached hydrogen (secondary N) is 1. The largest absolute Gasteiger partial charge is 0.490 e. The maximum Gasteiger partial charge on any atom is 0.138 e. The maximum atomic E-state index is 8.75. The number of ether oxygens (including phenoxy) is 2. The van der Waals surface area contributed by atoms with E-state index in [0.717, 1.165) is 29.8 Å². The Kier molecular flexibility index (Phi) is 6.79. The van der Waals surface area contributed by atoms with Crippen molar-refractivity contribution in [2.75, 3.05) is 33.0 Å². The molecule has 2 aromatic rings. The summed E-state index contributed by atoms with van der Waals surface area (Å²) in [6.45, 7) is 2.84. The van der Waals surface area contributed by atoms with Crippen molar-refractivity contribution in [3.05, 3.63) is 48.3 Å². The zero-order chi connectivity index (χ0) is 17.3. The van der Waals surface area contributed by atoms with E-state index in [-0.39, 0.29) is 6.61 Å². The van der Waals surface area contributed by atoms with Crippen LogP contribution in [0.15, 0.2) is 42.7 Å². The fourth-order valence-electron chi connectivity index (χ4n) is 3.01. The summed E-state index contributed by atoms with van der Waals surface area (Å²) in [6, 6.07) is 10.9. The Morgan fingerprint density at radius 2 is 2.12 bits per heavy atom. The van der Waals surface area contributed by atoms with Gasteiger partial charge < -0.3 is 19.9 Å². The highest BCUT2D eigenvalue weighted by Gasteiger charge is 2.14. The molecule has 1 saturated heterocycles. The van der Waals surface area contributed by atoms with Crippen LogP contribution < -0.4 is 10.1 Å². The molecule has 1 aromatic carbocycles. The van der Waals surface area contributed by atoms with Crippen LogP contribution >= 0.6 is 0 Å². The van der Waals surface area contributed by atoms with Gasteiger partial charge in [0.2, 0.25) is 0 Å². The molecule has 134 valence electrons. The molecule has 0 unspecified atom stereocenters. The number of aromatic nitrogens is 1. The van der Waals surface area contributed by atoms with Gasteiger partial charge in [-0.25, -0.2) is 0 Å². The van der Waals surface area contributed by atoms with Crippen LogP contribution in [0.25, 0.3) is 11.1 Å². The molecule has 0 aliphatic carbocycles. The highest BCUT2D eigenvalue weighted by atomic mass is 16.5. The molecule has 1 aromatic heterocycles. The van der Waals surface area contributed by atoms with Gasteiger partial charge in [0.05, 0.1) is 26.0 Å². The normalized spacial score (nSPS) is 16.9. The van der Waals surface area contributed by atoms with E-state index < -0.39 is 0 Å². The lowest BCUT2D eigenvalue weighted by Gasteiger charge is -2.13. The van der Waals surface area contributed by atoms with Crippen molar-refractivity contribution in [2.45, 2.75) is 25.3 Å². The smallest absolute Gasteiger partial charge is 0.138 e. The summed E-state index contributed by atoms with van der Waals surface area (Å²) < 4.78 is 11.2. The van der Waals surface area contributed by atoms with E-state index in [1.54, 1.807) is 6.20 Å². The van der Waals surface area contributed by atoms with Crippen LogP contribution in [-0.2, 0) is 11.2 Å². The number of nitrogens with zero attached hydrogens (tertiary/aromatic N) is 1. The van der Waals surface area contributed by atoms with E-state index in [4.69, 9.17) is 14.6 Å². The van der Waals surface area contributed by atoms with Crippen LogP contribution in [0.5, 0.6) is 5.75 Å². The second-order valence-electron chi connectivity index (χ2n) is 6.30. The molecule has 3 rings (SSSR count). The van der Waals surface area contributed by atoms with Crippen LogP contribution in [0.3, 0.4) is 0 Å². The molecule has 0 amide bonds. The summed E-state index contributed by atoms with van der Waals surface area (Å²) in [7, 11) is 0. The van der Waals surface area contributed by atoms with E-state index in [1.165, 1.54) is 18.4 Å². The number of benzene rings is 1. The first-order chi connectivity index (χ1) is 12.3. The molecular formula is C20H26N2O3. The number of hydrogen-bond acceptors (Lipinski definition) is 5. The Balaban J connectivity index is 1.61. The standard InChI is InChI=1S/C20H26N2O3/c23-8-10-24-9-6-16-3-1-4-17(11-16)18-12-20(14-21-13-18)25-15-19-5-2-7-22-19/h1,3-4,11-14,19,22-23H,2,5-10,15H2/t19-/m0/s1. The van der Waals surface area contributed by atoms with Crippen molar-refractivity contribution in [3.8, 4) is 16.9 Å². The first-order valence-corrected chi connectivity index (χ1v) is 8.94. The lowest BCUT2D eigenvalue weighted by atomic mass is 10.0. The van der Waals surface area contributed by atoms with Gasteiger partial charge in [-0.15, -0.1) is 0 Å². The number of rotatable bonds is 9. The minimum Gasteiger partial charge on any atom is -0.490 e. The average molecular weight is 342 g/mol. The summed E-state index contributed by atoms with van der Waals surface area (Å²) in [5.74, 6) is 0.808. The van der Waals surface area contributed by atoms with Gasteiger partial charge in [-0.1, -0.05) is 24.3 Å². The molecule has 0 bridgehead atoms. The quantitative estimate of drug-likeness (QED) is 0.685. The molecule has 0 radical (unpaired) electrons. The minimum atomic E-state index is 0.0644. The van der Waals surface area contributed by atoms with Crippen LogP contribution in [-0.4, -0.2) is 49.1 Å². The molecule has 1 aliphatic rings. The summed E-state index contributed by atoms with van der Waals surface area (Å²) in [5, 5.41) is 12.2. The second-order valence-corrected chi connectivity index (χ2v) is 6.30. The molecule has 1 aliphatic heterocycles. The lowest BCUT2D eigenvalue weighted by Crippen LogP contribution is -2.28. The highest BCUT2D eigenvalue weighted by molar-refractivity contribution is 5.64. The third kappa shape index (κ3) is 5.53. The average Bonchev–Trinajstić information content (AvgIpc) is 3.18. The number of pyridine rings is 1. The number of aliphatic hydroxyl groups is 1. The van der Waals surface area contributed by atoms with Crippen molar-refractivity contribution in [3.63, 3.8) is 0 Å². The van der Waals surface area contributed by atoms with Crippen LogP contribution in [0.2, 0.25) is 0 Å². The van der Waals surface area contributed by atoms with Gasteiger partial charge in [-0.2, -0.15) is 0 Å². The van der Waals surface area contributed by atoms with Crippen LogP contribution in [0, 0.1) is 0 Å². The van der Waals surface area contributed by atoms with Crippen molar-refractivity contribution < 1.29 is 14.6 Å². The molecule has 5 nitrogen and oxygen atoms in total. The van der Waals surface area contributed by atoms with Gasteiger partial charge in [0.25, 0.3) is 0 Å². The molecule has 0 saturated carbocycles. The summed E-state index contributed by atoms with van der Waals surface area (Å²) in [5.41, 5.74) is 3.38. The molecule has 1 atom stereocenters. The molecule has 1 fully saturated rings. The van der Waals surface area contributed by atoms with Crippen LogP contribution in [0.1, 0.15) is 18.4 Å². The van der Waals surface area contributed by atoms with Crippen LogP contribution in [0.4, 0.5) is 0 Å². The SMILES string of the molecule is OCCOCCc1cccc(-c2cncc(OC[C@@H]3CCCN3)c2)c1. The summed E-state index contributed by atoms with van der Waals surface area (Å²) in [6.07, 6.45) is 6.85. The van der Waals surface area contributed by atoms with Crippen molar-refractivity contribution in [1.29, 1.82) is 0 Å². The Morgan fingerprint density at radius 3 is 2.96 bits per heavy atom. The molecule has 25 heavy (non-hydrogen) atoms. The topological polar surface area (TPSA) is 63.6 Å². The number of hydrogen-bond donors (Lipinski definition) is 2. The minimum absolute atomic E-state index is 0.0644. The van der Waals surface area contributed by atoms with Gasteiger partial charge in [0, 0.05) is 17.8 Å². The van der Waals surface area contributed by atoms with E-state index in [1.807, 2.05) is 18.3 Å². The van der Waals surface area contributed by atoms with E-state index in [0.29, 0.717) is 25.9 Å². The summed E-state index contributed by atoms with van der Waals surface area (Å²) in [4.78, 5) is 4.32.